The van der Waals surface area contributed by atoms with Crippen molar-refractivity contribution in [3.05, 3.63) is 47.5 Å². The molecule has 146 valence electrons. The van der Waals surface area contributed by atoms with Crippen LogP contribution in [0.4, 0.5) is 4.79 Å². The first-order chi connectivity index (χ1) is 13.2. The molecule has 1 aliphatic carbocycles. The van der Waals surface area contributed by atoms with Gasteiger partial charge >= 0.3 is 6.03 Å². The molecule has 0 radical (unpaired) electrons. The number of allylic oxidation sites excluding steroid dienone is 1. The van der Waals surface area contributed by atoms with E-state index in [4.69, 9.17) is 0 Å². The lowest BCUT2D eigenvalue weighted by atomic mass is 9.82. The summed E-state index contributed by atoms with van der Waals surface area (Å²) < 4.78 is 0. The van der Waals surface area contributed by atoms with Crippen LogP contribution in [0.2, 0.25) is 0 Å². The summed E-state index contributed by atoms with van der Waals surface area (Å²) in [6, 6.07) is 10.1. The minimum Gasteiger partial charge on any atom is -0.356 e. The lowest BCUT2D eigenvalue weighted by Crippen LogP contribution is -2.46. The molecule has 1 saturated heterocycles. The van der Waals surface area contributed by atoms with Crippen LogP contribution in [0.25, 0.3) is 0 Å². The van der Waals surface area contributed by atoms with Gasteiger partial charge in [0.05, 0.1) is 0 Å². The van der Waals surface area contributed by atoms with E-state index in [1.54, 1.807) is 0 Å². The Hall–Kier alpha value is -2.30. The first-order valence-corrected chi connectivity index (χ1v) is 10.2. The third-order valence-electron chi connectivity index (χ3n) is 5.53. The van der Waals surface area contributed by atoms with Gasteiger partial charge in [-0.25, -0.2) is 4.79 Å². The van der Waals surface area contributed by atoms with Gasteiger partial charge in [-0.05, 0) is 50.0 Å². The summed E-state index contributed by atoms with van der Waals surface area (Å²) in [5, 5.41) is 5.91. The van der Waals surface area contributed by atoms with Crippen molar-refractivity contribution in [3.63, 3.8) is 0 Å². The number of nitrogens with one attached hydrogen (secondary N) is 2. The third-order valence-corrected chi connectivity index (χ3v) is 5.53. The van der Waals surface area contributed by atoms with Crippen molar-refractivity contribution in [1.29, 1.82) is 0 Å². The minimum atomic E-state index is 0.00408. The van der Waals surface area contributed by atoms with Gasteiger partial charge in [0, 0.05) is 32.6 Å². The van der Waals surface area contributed by atoms with Gasteiger partial charge in [0.15, 0.2) is 0 Å². The Bertz CT molecular complexity index is 657. The molecule has 1 fully saturated rings. The fourth-order valence-electron chi connectivity index (χ4n) is 3.95. The molecule has 5 nitrogen and oxygen atoms in total. The third kappa shape index (κ3) is 6.12. The summed E-state index contributed by atoms with van der Waals surface area (Å²) in [7, 11) is 0. The smallest absolute Gasteiger partial charge is 0.317 e. The molecule has 1 aliphatic heterocycles. The largest absolute Gasteiger partial charge is 0.356 e. The van der Waals surface area contributed by atoms with E-state index < -0.39 is 0 Å². The predicted molar refractivity (Wildman–Crippen MR) is 107 cm³/mol. The van der Waals surface area contributed by atoms with Gasteiger partial charge in [0.1, 0.15) is 0 Å². The van der Waals surface area contributed by atoms with E-state index in [1.807, 2.05) is 23.1 Å². The number of benzene rings is 1. The van der Waals surface area contributed by atoms with E-state index >= 15 is 0 Å². The van der Waals surface area contributed by atoms with E-state index in [0.717, 1.165) is 32.4 Å². The average molecular weight is 370 g/mol. The second kappa shape index (κ2) is 10.1. The number of carbonyl (C=O) groups excluding carboxylic acids is 2. The number of hydrogen-bond donors (Lipinski definition) is 2. The summed E-state index contributed by atoms with van der Waals surface area (Å²) in [5.74, 6) is 0.746. The number of urea groups is 1. The van der Waals surface area contributed by atoms with Crippen LogP contribution in [0.15, 0.2) is 42.0 Å². The molecule has 1 unspecified atom stereocenters. The molecule has 5 heteroatoms. The maximum absolute atomic E-state index is 12.3. The Kier molecular flexibility index (Phi) is 7.31. The molecule has 0 spiro atoms. The van der Waals surface area contributed by atoms with Crippen molar-refractivity contribution in [1.82, 2.24) is 15.5 Å². The van der Waals surface area contributed by atoms with Gasteiger partial charge in [-0.15, -0.1) is 0 Å². The first-order valence-electron chi connectivity index (χ1n) is 10.2. The summed E-state index contributed by atoms with van der Waals surface area (Å²) in [6.45, 7) is 2.81. The van der Waals surface area contributed by atoms with Crippen molar-refractivity contribution in [2.24, 2.45) is 5.92 Å². The van der Waals surface area contributed by atoms with E-state index in [-0.39, 0.29) is 11.9 Å². The Morgan fingerprint density at radius 2 is 1.93 bits per heavy atom. The van der Waals surface area contributed by atoms with Gasteiger partial charge < -0.3 is 15.5 Å². The van der Waals surface area contributed by atoms with Crippen LogP contribution in [0, 0.1) is 5.92 Å². The Morgan fingerprint density at radius 3 is 2.78 bits per heavy atom. The van der Waals surface area contributed by atoms with Gasteiger partial charge in [0.2, 0.25) is 5.91 Å². The van der Waals surface area contributed by atoms with E-state index in [0.29, 0.717) is 31.8 Å². The lowest BCUT2D eigenvalue weighted by molar-refractivity contribution is -0.121. The maximum atomic E-state index is 12.3. The number of rotatable bonds is 7. The second-order valence-electron chi connectivity index (χ2n) is 7.54. The zero-order chi connectivity index (χ0) is 18.9. The molecule has 2 N–H and O–H groups in total. The Balaban J connectivity index is 1.26. The number of hydrogen-bond acceptors (Lipinski definition) is 2. The highest BCUT2D eigenvalue weighted by molar-refractivity contribution is 5.76. The summed E-state index contributed by atoms with van der Waals surface area (Å²) in [4.78, 5) is 26.1. The highest BCUT2D eigenvalue weighted by Gasteiger charge is 2.27. The number of amides is 3. The molecule has 27 heavy (non-hydrogen) atoms. The number of nitrogens with zero attached hydrogens (tertiary/aromatic N) is 1. The number of likely N-dealkylation sites (tertiary alicyclic amines) is 1. The van der Waals surface area contributed by atoms with Crippen LogP contribution >= 0.6 is 0 Å². The molecule has 3 amide bonds. The molecule has 2 aliphatic rings. The van der Waals surface area contributed by atoms with Gasteiger partial charge in [-0.3, -0.25) is 4.79 Å². The molecular formula is C22H31N3O2. The molecule has 3 rings (SSSR count). The van der Waals surface area contributed by atoms with Crippen molar-refractivity contribution >= 4 is 11.9 Å². The zero-order valence-corrected chi connectivity index (χ0v) is 16.1. The second-order valence-corrected chi connectivity index (χ2v) is 7.54. The summed E-state index contributed by atoms with van der Waals surface area (Å²) >= 11 is 0. The standard InChI is InChI=1S/C22H31N3O2/c26-21(23-15-12-18-7-2-1-3-8-18)11-6-14-24-22(27)25-16-13-19-9-4-5-10-20(19)17-25/h1-3,7-8,10,19H,4-6,9,11-17H2,(H,23,26)(H,24,27). The maximum Gasteiger partial charge on any atom is 0.317 e. The average Bonchev–Trinajstić information content (AvgIpc) is 2.71. The molecule has 0 aromatic heterocycles. The molecular weight excluding hydrogens is 338 g/mol. The lowest BCUT2D eigenvalue weighted by Gasteiger charge is -2.36. The van der Waals surface area contributed by atoms with Gasteiger partial charge in [0.25, 0.3) is 0 Å². The molecule has 0 bridgehead atoms. The molecule has 1 atom stereocenters. The van der Waals surface area contributed by atoms with Crippen molar-refractivity contribution in [2.75, 3.05) is 26.2 Å². The van der Waals surface area contributed by atoms with E-state index in [1.165, 1.54) is 24.0 Å². The molecule has 0 saturated carbocycles. The summed E-state index contributed by atoms with van der Waals surface area (Å²) in [5.41, 5.74) is 2.67. The van der Waals surface area contributed by atoms with Crippen LogP contribution in [0.3, 0.4) is 0 Å². The fraction of sp³-hybridized carbons (Fsp3) is 0.545. The molecule has 1 aromatic carbocycles. The minimum absolute atomic E-state index is 0.00408. The van der Waals surface area contributed by atoms with Crippen LogP contribution in [-0.2, 0) is 11.2 Å². The zero-order valence-electron chi connectivity index (χ0n) is 16.1. The normalized spacial score (nSPS) is 19.0. The van der Waals surface area contributed by atoms with Gasteiger partial charge in [-0.2, -0.15) is 0 Å². The SMILES string of the molecule is O=C(CCCNC(=O)N1CCC2CCCC=C2C1)NCCc1ccccc1. The van der Waals surface area contributed by atoms with Crippen LogP contribution < -0.4 is 10.6 Å². The first kappa shape index (κ1) is 19.5. The van der Waals surface area contributed by atoms with Crippen molar-refractivity contribution in [3.8, 4) is 0 Å². The Morgan fingerprint density at radius 1 is 1.07 bits per heavy atom. The number of piperidine rings is 1. The number of carbonyl (C=O) groups is 2. The number of fused-ring (bicyclic) bond motifs is 1. The van der Waals surface area contributed by atoms with Gasteiger partial charge in [-0.1, -0.05) is 42.0 Å². The summed E-state index contributed by atoms with van der Waals surface area (Å²) in [6.07, 6.45) is 9.09. The van der Waals surface area contributed by atoms with Crippen LogP contribution in [0.5, 0.6) is 0 Å². The van der Waals surface area contributed by atoms with Crippen LogP contribution in [0.1, 0.15) is 44.1 Å². The predicted octanol–water partition coefficient (Wildman–Crippen LogP) is 3.27. The van der Waals surface area contributed by atoms with Crippen molar-refractivity contribution < 1.29 is 9.59 Å². The molecule has 1 heterocycles. The monoisotopic (exact) mass is 369 g/mol. The Labute approximate surface area is 162 Å². The van der Waals surface area contributed by atoms with E-state index in [2.05, 4.69) is 28.8 Å². The topological polar surface area (TPSA) is 61.4 Å². The molecule has 1 aromatic rings. The van der Waals surface area contributed by atoms with E-state index in [9.17, 15) is 9.59 Å². The quantitative estimate of drug-likeness (QED) is 0.572. The highest BCUT2D eigenvalue weighted by atomic mass is 16.2. The van der Waals surface area contributed by atoms with Crippen LogP contribution in [-0.4, -0.2) is 43.0 Å². The highest BCUT2D eigenvalue weighted by Crippen LogP contribution is 2.31. The van der Waals surface area contributed by atoms with Crippen molar-refractivity contribution in [2.45, 2.75) is 44.9 Å². The fourth-order valence-corrected chi connectivity index (χ4v) is 3.95.